The first-order chi connectivity index (χ1) is 13.7. The van der Waals surface area contributed by atoms with Crippen molar-refractivity contribution in [1.29, 1.82) is 0 Å². The van der Waals surface area contributed by atoms with E-state index in [2.05, 4.69) is 73.9 Å². The summed E-state index contributed by atoms with van der Waals surface area (Å²) in [5.74, 6) is 1.78. The van der Waals surface area contributed by atoms with Gasteiger partial charge in [-0.3, -0.25) is 0 Å². The number of ether oxygens (including phenoxy) is 1. The predicted molar refractivity (Wildman–Crippen MR) is 121 cm³/mol. The summed E-state index contributed by atoms with van der Waals surface area (Å²) in [5.41, 5.74) is 4.74. The van der Waals surface area contributed by atoms with E-state index in [0.717, 1.165) is 40.6 Å². The third kappa shape index (κ3) is 3.68. The van der Waals surface area contributed by atoms with Gasteiger partial charge in [0.2, 0.25) is 0 Å². The molecular weight excluding hydrogens is 342 g/mol. The molecule has 3 aromatic carbocycles. The second-order valence-corrected chi connectivity index (χ2v) is 6.53. The van der Waals surface area contributed by atoms with Crippen molar-refractivity contribution in [3.8, 4) is 11.5 Å². The van der Waals surface area contributed by atoms with Gasteiger partial charge in [-0.25, -0.2) is 0 Å². The highest BCUT2D eigenvalue weighted by molar-refractivity contribution is 5.86. The molecule has 0 bridgehead atoms. The summed E-state index contributed by atoms with van der Waals surface area (Å²) in [6.45, 7) is 14.4. The van der Waals surface area contributed by atoms with Crippen molar-refractivity contribution in [2.45, 2.75) is 27.7 Å². The van der Waals surface area contributed by atoms with E-state index in [9.17, 15) is 0 Å². The van der Waals surface area contributed by atoms with Gasteiger partial charge < -0.3 is 9.64 Å². The third-order valence-electron chi connectivity index (χ3n) is 4.96. The minimum Gasteiger partial charge on any atom is -0.456 e. The van der Waals surface area contributed by atoms with E-state index < -0.39 is 0 Å². The molecule has 0 atom stereocenters. The Labute approximate surface area is 168 Å². The van der Waals surface area contributed by atoms with E-state index in [1.54, 1.807) is 0 Å². The van der Waals surface area contributed by atoms with E-state index in [0.29, 0.717) is 0 Å². The zero-order valence-corrected chi connectivity index (χ0v) is 17.3. The number of fused-ring (bicyclic) bond motifs is 2. The Bertz CT molecular complexity index is 1050. The minimum atomic E-state index is 0.876. The van der Waals surface area contributed by atoms with Crippen LogP contribution >= 0.6 is 0 Å². The van der Waals surface area contributed by atoms with Crippen molar-refractivity contribution in [3.63, 3.8) is 0 Å². The van der Waals surface area contributed by atoms with E-state index in [1.165, 1.54) is 16.8 Å². The Hall–Kier alpha value is -3.00. The summed E-state index contributed by atoms with van der Waals surface area (Å²) >= 11 is 0. The number of rotatable bonds is 4. The highest BCUT2D eigenvalue weighted by atomic mass is 16.5. The fourth-order valence-electron chi connectivity index (χ4n) is 3.62. The Balaban J connectivity index is 0.00000109. The Kier molecular flexibility index (Phi) is 6.20. The summed E-state index contributed by atoms with van der Waals surface area (Å²) < 4.78 is 6.30. The van der Waals surface area contributed by atoms with Gasteiger partial charge in [0.05, 0.1) is 0 Å². The van der Waals surface area contributed by atoms with Gasteiger partial charge in [-0.2, -0.15) is 0 Å². The maximum atomic E-state index is 6.30. The lowest BCUT2D eigenvalue weighted by Crippen LogP contribution is -2.23. The molecule has 0 saturated carbocycles. The molecule has 28 heavy (non-hydrogen) atoms. The molecule has 1 aliphatic rings. The lowest BCUT2D eigenvalue weighted by Gasteiger charge is -2.25. The van der Waals surface area contributed by atoms with E-state index in [-0.39, 0.29) is 0 Å². The van der Waals surface area contributed by atoms with E-state index >= 15 is 0 Å². The molecular formula is C26H29NO. The number of hydrogen-bond donors (Lipinski definition) is 0. The van der Waals surface area contributed by atoms with Crippen LogP contribution in [0.25, 0.3) is 12.2 Å². The van der Waals surface area contributed by atoms with Gasteiger partial charge in [0, 0.05) is 41.2 Å². The van der Waals surface area contributed by atoms with Gasteiger partial charge in [0.1, 0.15) is 11.5 Å². The first-order valence-corrected chi connectivity index (χ1v) is 10.2. The summed E-state index contributed by atoms with van der Waals surface area (Å²) in [6.07, 6.45) is 0. The highest BCUT2D eigenvalue weighted by Gasteiger charge is 2.20. The van der Waals surface area contributed by atoms with Crippen molar-refractivity contribution in [1.82, 2.24) is 0 Å². The van der Waals surface area contributed by atoms with Crippen LogP contribution in [0.15, 0.2) is 66.7 Å². The van der Waals surface area contributed by atoms with Gasteiger partial charge in [-0.1, -0.05) is 62.9 Å². The summed E-state index contributed by atoms with van der Waals surface area (Å²) in [7, 11) is 0. The number of anilines is 1. The molecule has 0 aromatic heterocycles. The summed E-state index contributed by atoms with van der Waals surface area (Å²) in [5, 5.41) is 2.08. The topological polar surface area (TPSA) is 12.5 Å². The molecule has 3 aromatic rings. The largest absolute Gasteiger partial charge is 0.456 e. The van der Waals surface area contributed by atoms with Crippen molar-refractivity contribution in [3.05, 3.63) is 88.3 Å². The van der Waals surface area contributed by atoms with Gasteiger partial charge >= 0.3 is 0 Å². The van der Waals surface area contributed by atoms with Crippen molar-refractivity contribution in [2.24, 2.45) is 0 Å². The van der Waals surface area contributed by atoms with Crippen LogP contribution in [-0.2, 0) is 0 Å². The first-order valence-electron chi connectivity index (χ1n) is 10.2. The fourth-order valence-corrected chi connectivity index (χ4v) is 3.62. The lowest BCUT2D eigenvalue weighted by molar-refractivity contribution is 0.472. The normalized spacial score (nSPS) is 11.5. The molecule has 2 heteroatoms. The zero-order valence-electron chi connectivity index (χ0n) is 17.3. The van der Waals surface area contributed by atoms with Crippen LogP contribution < -0.4 is 20.1 Å². The highest BCUT2D eigenvalue weighted by Crippen LogP contribution is 2.38. The predicted octanol–water partition coefficient (Wildman–Crippen LogP) is 5.32. The zero-order chi connectivity index (χ0) is 20.1. The molecule has 1 aliphatic heterocycles. The second-order valence-electron chi connectivity index (χ2n) is 6.53. The van der Waals surface area contributed by atoms with Crippen LogP contribution in [0.5, 0.6) is 11.5 Å². The van der Waals surface area contributed by atoms with Crippen LogP contribution in [0.1, 0.15) is 38.8 Å². The molecule has 4 rings (SSSR count). The monoisotopic (exact) mass is 371 g/mol. The van der Waals surface area contributed by atoms with Gasteiger partial charge in [0.15, 0.2) is 0 Å². The number of hydrogen-bond acceptors (Lipinski definition) is 2. The second kappa shape index (κ2) is 8.79. The van der Waals surface area contributed by atoms with E-state index in [1.807, 2.05) is 32.0 Å². The van der Waals surface area contributed by atoms with Crippen LogP contribution in [-0.4, -0.2) is 13.1 Å². The molecule has 0 saturated heterocycles. The quantitative estimate of drug-likeness (QED) is 0.481. The molecule has 0 amide bonds. The maximum absolute atomic E-state index is 6.30. The first kappa shape index (κ1) is 19.8. The summed E-state index contributed by atoms with van der Waals surface area (Å²) in [4.78, 5) is 2.33. The average Bonchev–Trinajstić information content (AvgIpc) is 2.74. The minimum absolute atomic E-state index is 0.876. The Morgan fingerprint density at radius 2 is 1.54 bits per heavy atom. The molecule has 0 aliphatic carbocycles. The molecule has 0 radical (unpaired) electrons. The third-order valence-corrected chi connectivity index (χ3v) is 4.96. The van der Waals surface area contributed by atoms with Gasteiger partial charge in [-0.15, -0.1) is 0 Å². The van der Waals surface area contributed by atoms with E-state index in [4.69, 9.17) is 4.74 Å². The van der Waals surface area contributed by atoms with Crippen LogP contribution in [0, 0.1) is 0 Å². The molecule has 0 fully saturated rings. The van der Waals surface area contributed by atoms with Gasteiger partial charge in [0.25, 0.3) is 0 Å². The Morgan fingerprint density at radius 1 is 0.821 bits per heavy atom. The maximum Gasteiger partial charge on any atom is 0.137 e. The Morgan fingerprint density at radius 3 is 2.21 bits per heavy atom. The molecule has 0 spiro atoms. The molecule has 144 valence electrons. The molecule has 0 unspecified atom stereocenters. The van der Waals surface area contributed by atoms with Crippen LogP contribution in [0.4, 0.5) is 5.69 Å². The smallest absolute Gasteiger partial charge is 0.137 e. The van der Waals surface area contributed by atoms with Gasteiger partial charge in [-0.05, 0) is 42.8 Å². The number of nitrogens with zero attached hydrogens (tertiary/aromatic N) is 1. The molecule has 0 N–H and O–H groups in total. The van der Waals surface area contributed by atoms with Crippen molar-refractivity contribution >= 4 is 17.8 Å². The standard InChI is InChI=1S/C24H23NO.C2H6/c1-4-25(5-2)19-12-14-21-23(16-19)26-22-15-17(3)11-13-20(22)24(21)18-9-7-6-8-10-18;1-2/h6-16H,3-5H2,1-2H3;1-2H3. The average molecular weight is 372 g/mol. The van der Waals surface area contributed by atoms with Crippen LogP contribution in [0.2, 0.25) is 0 Å². The van der Waals surface area contributed by atoms with Crippen molar-refractivity contribution in [2.75, 3.05) is 18.0 Å². The van der Waals surface area contributed by atoms with Crippen molar-refractivity contribution < 1.29 is 4.74 Å². The molecule has 2 nitrogen and oxygen atoms in total. The molecule has 1 heterocycles. The number of benzene rings is 3. The lowest BCUT2D eigenvalue weighted by atomic mass is 9.92. The van der Waals surface area contributed by atoms with Crippen LogP contribution in [0.3, 0.4) is 0 Å². The summed E-state index contributed by atoms with van der Waals surface area (Å²) in [6, 6.07) is 23.2. The SMILES string of the molecule is C=c1ccc2c(c1)Oc1cc(N(CC)CC)ccc1C=2c1ccccc1.CC. The fraction of sp³-hybridized carbons (Fsp3) is 0.231.